The number of hydrogen-bond donors (Lipinski definition) is 2. The summed E-state index contributed by atoms with van der Waals surface area (Å²) in [4.78, 5) is 21.1. The largest absolute Gasteiger partial charge is 0.350 e. The number of rotatable bonds is 5. The van der Waals surface area contributed by atoms with E-state index in [0.29, 0.717) is 11.3 Å². The average Bonchev–Trinajstić information content (AvgIpc) is 2.59. The number of nitrogens with zero attached hydrogens (tertiary/aromatic N) is 2. The summed E-state index contributed by atoms with van der Waals surface area (Å²) in [6, 6.07) is 13.9. The average molecular weight is 364 g/mol. The van der Waals surface area contributed by atoms with Crippen LogP contribution in [0.15, 0.2) is 48.5 Å². The molecule has 2 N–H and O–H groups in total. The molecule has 1 aromatic heterocycles. The number of amides is 1. The molecule has 138 valence electrons. The lowest BCUT2D eigenvalue weighted by Crippen LogP contribution is -2.16. The van der Waals surface area contributed by atoms with Gasteiger partial charge >= 0.3 is 0 Å². The van der Waals surface area contributed by atoms with E-state index in [1.165, 1.54) is 6.07 Å². The van der Waals surface area contributed by atoms with Crippen LogP contribution in [-0.2, 0) is 6.54 Å². The quantitative estimate of drug-likeness (QED) is 0.704. The SMILES string of the molecule is Cc1cc(C)cc(NC(=O)c2cc(C)nc(NCc3ccccc3F)n2)c1. The van der Waals surface area contributed by atoms with Gasteiger partial charge in [-0.2, -0.15) is 0 Å². The van der Waals surface area contributed by atoms with E-state index in [1.54, 1.807) is 31.2 Å². The van der Waals surface area contributed by atoms with E-state index >= 15 is 0 Å². The van der Waals surface area contributed by atoms with Crippen molar-refractivity contribution in [3.63, 3.8) is 0 Å². The zero-order valence-corrected chi connectivity index (χ0v) is 15.5. The Morgan fingerprint density at radius 2 is 1.70 bits per heavy atom. The van der Waals surface area contributed by atoms with Gasteiger partial charge in [0.05, 0.1) is 0 Å². The minimum atomic E-state index is -0.320. The Morgan fingerprint density at radius 1 is 1.00 bits per heavy atom. The second-order valence-electron chi connectivity index (χ2n) is 6.49. The van der Waals surface area contributed by atoms with Crippen LogP contribution in [0.1, 0.15) is 32.9 Å². The Morgan fingerprint density at radius 3 is 2.41 bits per heavy atom. The Hall–Kier alpha value is -3.28. The van der Waals surface area contributed by atoms with Crippen molar-refractivity contribution in [1.82, 2.24) is 9.97 Å². The van der Waals surface area contributed by atoms with Crippen molar-refractivity contribution in [3.05, 3.63) is 82.4 Å². The van der Waals surface area contributed by atoms with E-state index < -0.39 is 0 Å². The Balaban J connectivity index is 1.76. The fraction of sp³-hybridized carbons (Fsp3) is 0.190. The van der Waals surface area contributed by atoms with Crippen LogP contribution in [-0.4, -0.2) is 15.9 Å². The van der Waals surface area contributed by atoms with Crippen molar-refractivity contribution < 1.29 is 9.18 Å². The molecule has 0 aliphatic carbocycles. The van der Waals surface area contributed by atoms with Gasteiger partial charge < -0.3 is 10.6 Å². The molecule has 1 heterocycles. The molecule has 2 aromatic carbocycles. The third-order valence-electron chi connectivity index (χ3n) is 3.96. The van der Waals surface area contributed by atoms with Crippen molar-refractivity contribution in [2.45, 2.75) is 27.3 Å². The second-order valence-corrected chi connectivity index (χ2v) is 6.49. The maximum atomic E-state index is 13.7. The zero-order valence-electron chi connectivity index (χ0n) is 15.5. The number of carbonyl (C=O) groups is 1. The van der Waals surface area contributed by atoms with Gasteiger partial charge in [0.15, 0.2) is 0 Å². The van der Waals surface area contributed by atoms with Gasteiger partial charge in [0.25, 0.3) is 5.91 Å². The van der Waals surface area contributed by atoms with E-state index in [1.807, 2.05) is 32.0 Å². The maximum Gasteiger partial charge on any atom is 0.274 e. The first kappa shape index (κ1) is 18.5. The topological polar surface area (TPSA) is 66.9 Å². The first-order valence-electron chi connectivity index (χ1n) is 8.63. The van der Waals surface area contributed by atoms with E-state index in [-0.39, 0.29) is 29.9 Å². The molecule has 0 atom stereocenters. The molecule has 0 aliphatic rings. The van der Waals surface area contributed by atoms with E-state index in [4.69, 9.17) is 0 Å². The first-order chi connectivity index (χ1) is 12.9. The van der Waals surface area contributed by atoms with Gasteiger partial charge in [0, 0.05) is 23.5 Å². The Labute approximate surface area is 157 Å². The summed E-state index contributed by atoms with van der Waals surface area (Å²) in [6.07, 6.45) is 0. The second kappa shape index (κ2) is 7.95. The number of nitrogens with one attached hydrogen (secondary N) is 2. The minimum Gasteiger partial charge on any atom is -0.350 e. The highest BCUT2D eigenvalue weighted by molar-refractivity contribution is 6.03. The highest BCUT2D eigenvalue weighted by atomic mass is 19.1. The van der Waals surface area contributed by atoms with Gasteiger partial charge in [-0.05, 0) is 56.2 Å². The number of hydrogen-bond acceptors (Lipinski definition) is 4. The zero-order chi connectivity index (χ0) is 19.4. The first-order valence-corrected chi connectivity index (χ1v) is 8.63. The number of halogens is 1. The van der Waals surface area contributed by atoms with Crippen molar-refractivity contribution in [2.75, 3.05) is 10.6 Å². The van der Waals surface area contributed by atoms with Crippen LogP contribution >= 0.6 is 0 Å². The van der Waals surface area contributed by atoms with Crippen LogP contribution in [0, 0.1) is 26.6 Å². The summed E-state index contributed by atoms with van der Waals surface area (Å²) in [5.74, 6) is -0.339. The predicted molar refractivity (Wildman–Crippen MR) is 104 cm³/mol. The van der Waals surface area contributed by atoms with Crippen LogP contribution in [0.4, 0.5) is 16.0 Å². The summed E-state index contributed by atoms with van der Waals surface area (Å²) in [5, 5.41) is 5.84. The Bertz CT molecular complexity index is 967. The third kappa shape index (κ3) is 4.88. The van der Waals surface area contributed by atoms with Gasteiger partial charge in [-0.1, -0.05) is 24.3 Å². The van der Waals surface area contributed by atoms with Crippen molar-refractivity contribution >= 4 is 17.5 Å². The molecule has 0 unspecified atom stereocenters. The van der Waals surface area contributed by atoms with E-state index in [2.05, 4.69) is 20.6 Å². The van der Waals surface area contributed by atoms with E-state index in [0.717, 1.165) is 16.8 Å². The molecule has 1 amide bonds. The highest BCUT2D eigenvalue weighted by Gasteiger charge is 2.12. The maximum absolute atomic E-state index is 13.7. The number of aromatic nitrogens is 2. The summed E-state index contributed by atoms with van der Waals surface area (Å²) >= 11 is 0. The number of aryl methyl sites for hydroxylation is 3. The molecule has 27 heavy (non-hydrogen) atoms. The van der Waals surface area contributed by atoms with E-state index in [9.17, 15) is 9.18 Å². The van der Waals surface area contributed by atoms with Gasteiger partial charge in [0.2, 0.25) is 5.95 Å². The summed E-state index contributed by atoms with van der Waals surface area (Å²) in [5.41, 5.74) is 4.25. The lowest BCUT2D eigenvalue weighted by Gasteiger charge is -2.10. The van der Waals surface area contributed by atoms with Crippen LogP contribution < -0.4 is 10.6 Å². The highest BCUT2D eigenvalue weighted by Crippen LogP contribution is 2.16. The van der Waals surface area contributed by atoms with Gasteiger partial charge in [0.1, 0.15) is 11.5 Å². The number of anilines is 2. The minimum absolute atomic E-state index is 0.230. The van der Waals surface area contributed by atoms with Crippen LogP contribution in [0.2, 0.25) is 0 Å². The predicted octanol–water partition coefficient (Wildman–Crippen LogP) is 4.41. The van der Waals surface area contributed by atoms with Crippen LogP contribution in [0.5, 0.6) is 0 Å². The van der Waals surface area contributed by atoms with Crippen molar-refractivity contribution in [3.8, 4) is 0 Å². The molecule has 0 saturated heterocycles. The molecule has 6 heteroatoms. The smallest absolute Gasteiger partial charge is 0.274 e. The number of carbonyl (C=O) groups excluding carboxylic acids is 1. The normalized spacial score (nSPS) is 10.5. The number of benzene rings is 2. The van der Waals surface area contributed by atoms with Crippen molar-refractivity contribution in [1.29, 1.82) is 0 Å². The van der Waals surface area contributed by atoms with Gasteiger partial charge in [-0.3, -0.25) is 4.79 Å². The standard InChI is InChI=1S/C21H21FN4O/c1-13-8-14(2)10-17(9-13)25-20(27)19-11-15(3)24-21(26-19)23-12-16-6-4-5-7-18(16)22/h4-11H,12H2,1-3H3,(H,25,27)(H,23,24,26). The monoisotopic (exact) mass is 364 g/mol. The van der Waals surface area contributed by atoms with Crippen LogP contribution in [0.25, 0.3) is 0 Å². The molecule has 0 spiro atoms. The summed E-state index contributed by atoms with van der Waals surface area (Å²) in [6.45, 7) is 5.96. The van der Waals surface area contributed by atoms with Crippen molar-refractivity contribution in [2.24, 2.45) is 0 Å². The lowest BCUT2D eigenvalue weighted by molar-refractivity contribution is 0.102. The van der Waals surface area contributed by atoms with Crippen LogP contribution in [0.3, 0.4) is 0 Å². The molecule has 3 rings (SSSR count). The summed E-state index contributed by atoms with van der Waals surface area (Å²) < 4.78 is 13.7. The molecular formula is C21H21FN4O. The molecule has 5 nitrogen and oxygen atoms in total. The molecule has 0 aliphatic heterocycles. The molecule has 0 bridgehead atoms. The fourth-order valence-electron chi connectivity index (χ4n) is 2.82. The molecular weight excluding hydrogens is 343 g/mol. The third-order valence-corrected chi connectivity index (χ3v) is 3.96. The Kier molecular flexibility index (Phi) is 5.45. The molecule has 0 saturated carbocycles. The molecule has 0 radical (unpaired) electrons. The lowest BCUT2D eigenvalue weighted by atomic mass is 10.1. The van der Waals surface area contributed by atoms with Gasteiger partial charge in [-0.25, -0.2) is 14.4 Å². The fourth-order valence-corrected chi connectivity index (χ4v) is 2.82. The summed E-state index contributed by atoms with van der Waals surface area (Å²) in [7, 11) is 0. The molecule has 0 fully saturated rings. The molecule has 3 aromatic rings. The van der Waals surface area contributed by atoms with Gasteiger partial charge in [-0.15, -0.1) is 0 Å².